The molecule has 2 aliphatic rings. The maximum absolute atomic E-state index is 7.05. The van der Waals surface area contributed by atoms with Crippen LogP contribution in [-0.4, -0.2) is 25.8 Å². The molecule has 6 heterocycles. The Balaban J connectivity index is 0.848. The van der Waals surface area contributed by atoms with Crippen molar-refractivity contribution in [3.8, 4) is 78.8 Å². The molecule has 4 aromatic heterocycles. The second-order valence-electron chi connectivity index (χ2n) is 20.6. The monoisotopic (exact) mass is 1010 g/mol. The van der Waals surface area contributed by atoms with Crippen LogP contribution in [0.25, 0.3) is 111 Å². The molecule has 0 fully saturated rings. The molecule has 0 amide bonds. The van der Waals surface area contributed by atoms with Gasteiger partial charge in [0.15, 0.2) is 0 Å². The summed E-state index contributed by atoms with van der Waals surface area (Å²) in [7, 11) is 0. The summed E-state index contributed by atoms with van der Waals surface area (Å²) in [6.07, 6.45) is 3.80. The molecule has 0 saturated heterocycles. The summed E-state index contributed by atoms with van der Waals surface area (Å²) in [5.74, 6) is 2.28. The van der Waals surface area contributed by atoms with Crippen LogP contribution in [0.3, 0.4) is 0 Å². The Kier molecular flexibility index (Phi) is 10.1. The third-order valence-electron chi connectivity index (χ3n) is 16.2. The van der Waals surface area contributed by atoms with Crippen molar-refractivity contribution in [1.29, 1.82) is 0 Å². The van der Waals surface area contributed by atoms with Gasteiger partial charge in [-0.05, 0) is 108 Å². The first-order valence-electron chi connectivity index (χ1n) is 26.9. The molecule has 14 aromatic rings. The van der Waals surface area contributed by atoms with E-state index in [0.29, 0.717) is 6.67 Å². The highest BCUT2D eigenvalue weighted by Gasteiger charge is 2.32. The van der Waals surface area contributed by atoms with Crippen molar-refractivity contribution in [3.63, 3.8) is 0 Å². The van der Waals surface area contributed by atoms with Crippen LogP contribution in [0, 0.1) is 6.92 Å². The maximum Gasteiger partial charge on any atom is 0.137 e. The zero-order chi connectivity index (χ0) is 52.1. The fraction of sp³-hybridized carbons (Fsp3) is 0.0278. The molecule has 0 radical (unpaired) electrons. The highest BCUT2D eigenvalue weighted by atomic mass is 16.5. The van der Waals surface area contributed by atoms with Crippen LogP contribution in [0.4, 0.5) is 22.7 Å². The van der Waals surface area contributed by atoms with Gasteiger partial charge in [-0.2, -0.15) is 0 Å². The number of aryl methyl sites for hydroxylation is 1. The third kappa shape index (κ3) is 6.99. The summed E-state index contributed by atoms with van der Waals surface area (Å²) >= 11 is 0. The number of ether oxygens (including phenoxy) is 1. The summed E-state index contributed by atoms with van der Waals surface area (Å²) in [5.41, 5.74) is 22.5. The molecule has 0 aliphatic carbocycles. The van der Waals surface area contributed by atoms with E-state index >= 15 is 0 Å². The van der Waals surface area contributed by atoms with E-state index in [1.165, 1.54) is 72.0 Å². The lowest BCUT2D eigenvalue weighted by Gasteiger charge is -2.27. The third-order valence-corrected chi connectivity index (χ3v) is 16.2. The minimum Gasteiger partial charge on any atom is -0.457 e. The van der Waals surface area contributed by atoms with Gasteiger partial charge >= 0.3 is 0 Å². The van der Waals surface area contributed by atoms with Gasteiger partial charge in [-0.25, -0.2) is 4.98 Å². The number of para-hydroxylation sites is 5. The number of aromatic nitrogens is 4. The van der Waals surface area contributed by atoms with E-state index in [9.17, 15) is 0 Å². The van der Waals surface area contributed by atoms with Crippen LogP contribution in [0.5, 0.6) is 11.5 Å². The number of hydrogen-bond donors (Lipinski definition) is 0. The molecule has 2 aliphatic heterocycles. The number of rotatable bonds is 8. The SMILES string of the molecule is Cc1cc(-n2c3cc(Oc4cccc(N5CN(c6c(-c7ccccc7)cccc6-c6ccccc6)c6ccccc65)c4)ccc3c3c4c(ccc32)-n2c3ccccc3c3cccc(c32)-c2ccccc2-4)ncc1-c1ccccn1. The van der Waals surface area contributed by atoms with Crippen molar-refractivity contribution in [2.24, 2.45) is 0 Å². The predicted molar refractivity (Wildman–Crippen MR) is 325 cm³/mol. The average molecular weight is 1010 g/mol. The smallest absolute Gasteiger partial charge is 0.137 e. The Morgan fingerprint density at radius 2 is 1.06 bits per heavy atom. The van der Waals surface area contributed by atoms with E-state index in [1.807, 2.05) is 30.6 Å². The Bertz CT molecular complexity index is 4700. The molecule has 0 spiro atoms. The number of fused-ring (bicyclic) bond motifs is 13. The number of hydrogen-bond acceptors (Lipinski definition) is 5. The van der Waals surface area contributed by atoms with Gasteiger partial charge < -0.3 is 19.1 Å². The molecule has 0 bridgehead atoms. The molecule has 0 N–H and O–H groups in total. The average Bonchev–Trinajstić information content (AvgIpc) is 4.29. The number of anilines is 4. The summed E-state index contributed by atoms with van der Waals surface area (Å²) in [6, 6.07) is 89.2. The van der Waals surface area contributed by atoms with Gasteiger partial charge in [0, 0.05) is 79.6 Å². The highest BCUT2D eigenvalue weighted by molar-refractivity contribution is 6.23. The number of nitrogens with zero attached hydrogens (tertiary/aromatic N) is 6. The van der Waals surface area contributed by atoms with Crippen molar-refractivity contribution < 1.29 is 4.74 Å². The Morgan fingerprint density at radius 3 is 1.85 bits per heavy atom. The van der Waals surface area contributed by atoms with Crippen LogP contribution in [0.15, 0.2) is 261 Å². The van der Waals surface area contributed by atoms with Gasteiger partial charge in [0.2, 0.25) is 0 Å². The second kappa shape index (κ2) is 17.8. The zero-order valence-electron chi connectivity index (χ0n) is 43.1. The fourth-order valence-corrected chi connectivity index (χ4v) is 12.7. The summed E-state index contributed by atoms with van der Waals surface area (Å²) in [5, 5.41) is 4.74. The molecular weight excluding hydrogens is 965 g/mol. The van der Waals surface area contributed by atoms with Crippen molar-refractivity contribution in [2.75, 3.05) is 16.5 Å². The lowest BCUT2D eigenvalue weighted by Crippen LogP contribution is -2.24. The molecule has 16 rings (SSSR count). The first-order chi connectivity index (χ1) is 39.1. The van der Waals surface area contributed by atoms with Crippen molar-refractivity contribution in [1.82, 2.24) is 19.1 Å². The Labute approximate surface area is 456 Å². The van der Waals surface area contributed by atoms with Gasteiger partial charge in [-0.1, -0.05) is 164 Å². The molecule has 0 saturated carbocycles. The summed E-state index contributed by atoms with van der Waals surface area (Å²) < 4.78 is 11.9. The van der Waals surface area contributed by atoms with Crippen LogP contribution < -0.4 is 14.5 Å². The van der Waals surface area contributed by atoms with Gasteiger partial charge in [-0.3, -0.25) is 9.55 Å². The topological polar surface area (TPSA) is 51.4 Å². The molecule has 0 unspecified atom stereocenters. The summed E-state index contributed by atoms with van der Waals surface area (Å²) in [6.45, 7) is 2.75. The van der Waals surface area contributed by atoms with Crippen LogP contribution >= 0.6 is 0 Å². The first kappa shape index (κ1) is 44.8. The van der Waals surface area contributed by atoms with Crippen LogP contribution in [0.2, 0.25) is 0 Å². The van der Waals surface area contributed by atoms with E-state index < -0.39 is 0 Å². The molecule has 372 valence electrons. The lowest BCUT2D eigenvalue weighted by molar-refractivity contribution is 0.483. The van der Waals surface area contributed by atoms with Gasteiger partial charge in [0.05, 0.1) is 50.5 Å². The lowest BCUT2D eigenvalue weighted by atomic mass is 9.91. The van der Waals surface area contributed by atoms with Gasteiger partial charge in [-0.15, -0.1) is 0 Å². The highest BCUT2D eigenvalue weighted by Crippen LogP contribution is 2.53. The van der Waals surface area contributed by atoms with E-state index in [0.717, 1.165) is 78.7 Å². The largest absolute Gasteiger partial charge is 0.457 e. The fourth-order valence-electron chi connectivity index (χ4n) is 12.7. The minimum atomic E-state index is 0.604. The van der Waals surface area contributed by atoms with Crippen LogP contribution in [0.1, 0.15) is 5.56 Å². The Hall–Kier alpha value is -10.5. The van der Waals surface area contributed by atoms with Crippen LogP contribution in [-0.2, 0) is 0 Å². The Morgan fingerprint density at radius 1 is 0.405 bits per heavy atom. The number of pyridine rings is 2. The standard InChI is InChI=1S/C72H48N6O/c1-46-41-68(74-44-60(46)61-32-14-15-40-73-61)77-65-38-39-66-69(56-27-9-8-25-54(56)57-30-18-31-58-55-26-10-11-33-62(55)78(66)72(57)58)70(65)59-37-36-51(43-67(59)77)79-50-24-16-23-49(42-50)75-45-76(64-35-13-12-34-63(64)75)71-52(47-19-4-2-5-20-47)28-17-29-53(71)48-21-6-3-7-22-48/h2-44H,45H2,1H3. The molecular formula is C72H48N6O. The van der Waals surface area contributed by atoms with E-state index in [1.54, 1.807) is 0 Å². The van der Waals surface area contributed by atoms with E-state index in [4.69, 9.17) is 14.7 Å². The molecule has 7 heteroatoms. The first-order valence-corrected chi connectivity index (χ1v) is 26.9. The maximum atomic E-state index is 7.05. The van der Waals surface area contributed by atoms with Gasteiger partial charge in [0.1, 0.15) is 24.0 Å². The van der Waals surface area contributed by atoms with Crippen molar-refractivity contribution in [2.45, 2.75) is 6.92 Å². The normalized spacial score (nSPS) is 12.5. The van der Waals surface area contributed by atoms with Crippen molar-refractivity contribution >= 4 is 66.4 Å². The van der Waals surface area contributed by atoms with Crippen molar-refractivity contribution in [3.05, 3.63) is 267 Å². The minimum absolute atomic E-state index is 0.604. The molecule has 10 aromatic carbocycles. The second-order valence-corrected chi connectivity index (χ2v) is 20.6. The van der Waals surface area contributed by atoms with E-state index in [-0.39, 0.29) is 0 Å². The molecule has 7 nitrogen and oxygen atoms in total. The molecule has 0 atom stereocenters. The molecule has 79 heavy (non-hydrogen) atoms. The quantitative estimate of drug-likeness (QED) is 0.152. The summed E-state index contributed by atoms with van der Waals surface area (Å²) in [4.78, 5) is 14.8. The number of benzene rings is 10. The zero-order valence-corrected chi connectivity index (χ0v) is 43.1. The van der Waals surface area contributed by atoms with Gasteiger partial charge in [0.25, 0.3) is 0 Å². The van der Waals surface area contributed by atoms with E-state index in [2.05, 4.69) is 256 Å². The predicted octanol–water partition coefficient (Wildman–Crippen LogP) is 18.7.